The zero-order valence-corrected chi connectivity index (χ0v) is 10.3. The minimum atomic E-state index is 0.354. The third-order valence-electron chi connectivity index (χ3n) is 2.94. The van der Waals surface area contributed by atoms with E-state index >= 15 is 0 Å². The molecular formula is C11H25OP. The maximum atomic E-state index is 8.88. The normalized spacial score (nSPS) is 15.7. The molecule has 80 valence electrons. The minimum Gasteiger partial charge on any atom is -0.396 e. The highest BCUT2D eigenvalue weighted by atomic mass is 31.0. The van der Waals surface area contributed by atoms with Crippen LogP contribution in [0.1, 0.15) is 46.0 Å². The van der Waals surface area contributed by atoms with Crippen molar-refractivity contribution in [3.63, 3.8) is 0 Å². The van der Waals surface area contributed by atoms with Crippen molar-refractivity contribution in [3.05, 3.63) is 0 Å². The summed E-state index contributed by atoms with van der Waals surface area (Å²) in [4.78, 5) is 0. The van der Waals surface area contributed by atoms with Crippen LogP contribution in [0.2, 0.25) is 0 Å². The van der Waals surface area contributed by atoms with Crippen LogP contribution in [0.4, 0.5) is 0 Å². The third-order valence-corrected chi connectivity index (χ3v) is 3.35. The molecule has 0 saturated carbocycles. The van der Waals surface area contributed by atoms with Crippen LogP contribution >= 0.6 is 9.24 Å². The lowest BCUT2D eigenvalue weighted by Gasteiger charge is -2.21. The Balaban J connectivity index is 3.57. The fourth-order valence-electron chi connectivity index (χ4n) is 1.90. The van der Waals surface area contributed by atoms with E-state index in [0.29, 0.717) is 6.61 Å². The number of hydrogen-bond donors (Lipinski definition) is 1. The monoisotopic (exact) mass is 204 g/mol. The molecule has 1 nitrogen and oxygen atoms in total. The molecule has 0 heterocycles. The van der Waals surface area contributed by atoms with Gasteiger partial charge in [-0.25, -0.2) is 0 Å². The molecule has 0 aromatic heterocycles. The van der Waals surface area contributed by atoms with E-state index in [1.807, 2.05) is 0 Å². The molecule has 0 rings (SSSR count). The highest BCUT2D eigenvalue weighted by Gasteiger charge is 2.13. The minimum absolute atomic E-state index is 0.354. The summed E-state index contributed by atoms with van der Waals surface area (Å²) in [6, 6.07) is 0. The maximum absolute atomic E-state index is 8.88. The van der Waals surface area contributed by atoms with Gasteiger partial charge in [-0.1, -0.05) is 33.1 Å². The van der Waals surface area contributed by atoms with E-state index in [4.69, 9.17) is 5.11 Å². The first-order chi connectivity index (χ1) is 6.26. The van der Waals surface area contributed by atoms with Gasteiger partial charge in [-0.3, -0.25) is 0 Å². The SMILES string of the molecule is CCC(CCO)C(C)CCCCP. The number of hydrogen-bond acceptors (Lipinski definition) is 1. The average molecular weight is 204 g/mol. The van der Waals surface area contributed by atoms with E-state index in [0.717, 1.165) is 18.3 Å². The Morgan fingerprint density at radius 1 is 1.23 bits per heavy atom. The maximum Gasteiger partial charge on any atom is 0.0433 e. The Morgan fingerprint density at radius 3 is 2.38 bits per heavy atom. The summed E-state index contributed by atoms with van der Waals surface area (Å²) in [6.07, 6.45) is 7.41. The summed E-state index contributed by atoms with van der Waals surface area (Å²) in [5.41, 5.74) is 0. The molecule has 0 aliphatic heterocycles. The number of rotatable bonds is 8. The average Bonchev–Trinajstić information content (AvgIpc) is 2.14. The Bertz CT molecular complexity index is 106. The van der Waals surface area contributed by atoms with Crippen LogP contribution in [-0.4, -0.2) is 17.9 Å². The predicted octanol–water partition coefficient (Wildman–Crippen LogP) is 3.08. The summed E-state index contributed by atoms with van der Waals surface area (Å²) in [5, 5.41) is 8.88. The van der Waals surface area contributed by atoms with Gasteiger partial charge in [-0.05, 0) is 30.8 Å². The first-order valence-electron chi connectivity index (χ1n) is 5.57. The van der Waals surface area contributed by atoms with Crippen molar-refractivity contribution in [2.45, 2.75) is 46.0 Å². The molecule has 3 atom stereocenters. The van der Waals surface area contributed by atoms with Crippen molar-refractivity contribution < 1.29 is 5.11 Å². The summed E-state index contributed by atoms with van der Waals surface area (Å²) >= 11 is 0. The zero-order valence-electron chi connectivity index (χ0n) is 9.13. The molecule has 0 saturated heterocycles. The van der Waals surface area contributed by atoms with Crippen LogP contribution in [0.3, 0.4) is 0 Å². The molecule has 0 aromatic carbocycles. The molecule has 0 aliphatic rings. The van der Waals surface area contributed by atoms with E-state index in [9.17, 15) is 0 Å². The lowest BCUT2D eigenvalue weighted by molar-refractivity contribution is 0.214. The molecule has 2 heteroatoms. The van der Waals surface area contributed by atoms with E-state index in [1.54, 1.807) is 0 Å². The molecule has 0 bridgehead atoms. The smallest absolute Gasteiger partial charge is 0.0433 e. The van der Waals surface area contributed by atoms with Gasteiger partial charge >= 0.3 is 0 Å². The Morgan fingerprint density at radius 2 is 1.92 bits per heavy atom. The van der Waals surface area contributed by atoms with E-state index < -0.39 is 0 Å². The summed E-state index contributed by atoms with van der Waals surface area (Å²) < 4.78 is 0. The van der Waals surface area contributed by atoms with Gasteiger partial charge in [-0.2, -0.15) is 0 Å². The van der Waals surface area contributed by atoms with Crippen molar-refractivity contribution in [1.82, 2.24) is 0 Å². The molecule has 0 aliphatic carbocycles. The van der Waals surface area contributed by atoms with Crippen LogP contribution < -0.4 is 0 Å². The predicted molar refractivity (Wildman–Crippen MR) is 63.1 cm³/mol. The van der Waals surface area contributed by atoms with Crippen LogP contribution in [-0.2, 0) is 0 Å². The van der Waals surface area contributed by atoms with Gasteiger partial charge in [0.15, 0.2) is 0 Å². The second-order valence-corrected chi connectivity index (χ2v) is 4.52. The van der Waals surface area contributed by atoms with Gasteiger partial charge in [0.1, 0.15) is 0 Å². The fraction of sp³-hybridized carbons (Fsp3) is 1.00. The van der Waals surface area contributed by atoms with E-state index in [-0.39, 0.29) is 0 Å². The van der Waals surface area contributed by atoms with Gasteiger partial charge < -0.3 is 5.11 Å². The molecule has 3 unspecified atom stereocenters. The van der Waals surface area contributed by atoms with E-state index in [1.165, 1.54) is 31.8 Å². The Labute approximate surface area is 85.5 Å². The van der Waals surface area contributed by atoms with E-state index in [2.05, 4.69) is 23.1 Å². The molecule has 0 fully saturated rings. The third kappa shape index (κ3) is 6.46. The van der Waals surface area contributed by atoms with Gasteiger partial charge in [-0.15, -0.1) is 9.24 Å². The highest BCUT2D eigenvalue weighted by molar-refractivity contribution is 7.16. The fourth-order valence-corrected chi connectivity index (χ4v) is 2.19. The first kappa shape index (κ1) is 13.4. The second-order valence-electron chi connectivity index (χ2n) is 3.94. The number of aliphatic hydroxyl groups excluding tert-OH is 1. The van der Waals surface area contributed by atoms with Gasteiger partial charge in [0.2, 0.25) is 0 Å². The zero-order chi connectivity index (χ0) is 10.1. The summed E-state index contributed by atoms with van der Waals surface area (Å²) in [7, 11) is 2.78. The summed E-state index contributed by atoms with van der Waals surface area (Å²) in [6.45, 7) is 4.91. The lowest BCUT2D eigenvalue weighted by atomic mass is 9.85. The lowest BCUT2D eigenvalue weighted by Crippen LogP contribution is -2.12. The molecule has 0 spiro atoms. The molecule has 1 N–H and O–H groups in total. The van der Waals surface area contributed by atoms with Crippen molar-refractivity contribution in [2.75, 3.05) is 12.8 Å². The van der Waals surface area contributed by atoms with Crippen LogP contribution in [0.5, 0.6) is 0 Å². The summed E-state index contributed by atoms with van der Waals surface area (Å²) in [5.74, 6) is 1.52. The topological polar surface area (TPSA) is 20.2 Å². The van der Waals surface area contributed by atoms with Gasteiger partial charge in [0.05, 0.1) is 0 Å². The van der Waals surface area contributed by atoms with Crippen molar-refractivity contribution in [1.29, 1.82) is 0 Å². The van der Waals surface area contributed by atoms with Crippen LogP contribution in [0.15, 0.2) is 0 Å². The number of aliphatic hydroxyl groups is 1. The molecule has 0 aromatic rings. The highest BCUT2D eigenvalue weighted by Crippen LogP contribution is 2.24. The van der Waals surface area contributed by atoms with Crippen molar-refractivity contribution in [2.24, 2.45) is 11.8 Å². The Hall–Kier alpha value is 0.390. The van der Waals surface area contributed by atoms with Crippen LogP contribution in [0.25, 0.3) is 0 Å². The molecule has 0 amide bonds. The Kier molecular flexibility index (Phi) is 9.23. The van der Waals surface area contributed by atoms with Gasteiger partial charge in [0.25, 0.3) is 0 Å². The first-order valence-corrected chi connectivity index (χ1v) is 6.38. The second kappa shape index (κ2) is 8.97. The largest absolute Gasteiger partial charge is 0.396 e. The number of unbranched alkanes of at least 4 members (excludes halogenated alkanes) is 1. The molecule has 13 heavy (non-hydrogen) atoms. The molecule has 0 radical (unpaired) electrons. The standard InChI is InChI=1S/C11H25OP/c1-3-11(7-8-12)10(2)6-4-5-9-13/h10-12H,3-9,13H2,1-2H3. The van der Waals surface area contributed by atoms with Gasteiger partial charge in [0, 0.05) is 6.61 Å². The van der Waals surface area contributed by atoms with Crippen LogP contribution in [0, 0.1) is 11.8 Å². The van der Waals surface area contributed by atoms with Crippen molar-refractivity contribution in [3.8, 4) is 0 Å². The quantitative estimate of drug-likeness (QED) is 0.476. The van der Waals surface area contributed by atoms with Crippen molar-refractivity contribution >= 4 is 9.24 Å². The molecular weight excluding hydrogens is 179 g/mol.